The summed E-state index contributed by atoms with van der Waals surface area (Å²) < 4.78 is 15.0. The van der Waals surface area contributed by atoms with Crippen molar-refractivity contribution in [3.05, 3.63) is 51.6 Å². The molecule has 21 heavy (non-hydrogen) atoms. The third-order valence-corrected chi connectivity index (χ3v) is 4.35. The van der Waals surface area contributed by atoms with Crippen LogP contribution in [0.5, 0.6) is 0 Å². The van der Waals surface area contributed by atoms with E-state index in [9.17, 15) is 4.39 Å². The fourth-order valence-electron chi connectivity index (χ4n) is 2.59. The van der Waals surface area contributed by atoms with Crippen LogP contribution in [-0.4, -0.2) is 22.9 Å². The van der Waals surface area contributed by atoms with Crippen LogP contribution in [0.4, 0.5) is 4.39 Å². The Morgan fingerprint density at radius 2 is 2.05 bits per heavy atom. The molecule has 5 heteroatoms. The van der Waals surface area contributed by atoms with E-state index in [0.29, 0.717) is 5.02 Å². The summed E-state index contributed by atoms with van der Waals surface area (Å²) >= 11 is 6.12. The van der Waals surface area contributed by atoms with E-state index in [1.807, 2.05) is 25.7 Å². The second-order valence-corrected chi connectivity index (χ2v) is 5.81. The van der Waals surface area contributed by atoms with Crippen molar-refractivity contribution in [3.8, 4) is 0 Å². The van der Waals surface area contributed by atoms with Crippen LogP contribution in [0.1, 0.15) is 22.5 Å². The molecular weight excluding hydrogens is 289 g/mol. The van der Waals surface area contributed by atoms with Crippen LogP contribution in [0.25, 0.3) is 0 Å². The molecule has 1 aromatic heterocycles. The molecule has 1 aromatic carbocycles. The lowest BCUT2D eigenvalue weighted by Crippen LogP contribution is -2.30. The molecular formula is C16H21ClFN3. The van der Waals surface area contributed by atoms with E-state index in [1.165, 1.54) is 23.4 Å². The minimum atomic E-state index is -0.302. The number of hydrogen-bond donors (Lipinski definition) is 1. The number of rotatable bonds is 5. The monoisotopic (exact) mass is 309 g/mol. The predicted molar refractivity (Wildman–Crippen MR) is 84.3 cm³/mol. The van der Waals surface area contributed by atoms with Crippen LogP contribution in [-0.2, 0) is 19.9 Å². The van der Waals surface area contributed by atoms with Crippen molar-refractivity contribution in [1.29, 1.82) is 0 Å². The van der Waals surface area contributed by atoms with Gasteiger partial charge in [-0.2, -0.15) is 5.10 Å². The fraction of sp³-hybridized carbons (Fsp3) is 0.438. The molecule has 1 unspecified atom stereocenters. The summed E-state index contributed by atoms with van der Waals surface area (Å²) in [7, 11) is 3.89. The molecule has 0 saturated carbocycles. The molecule has 0 aliphatic carbocycles. The highest BCUT2D eigenvalue weighted by molar-refractivity contribution is 6.31. The Bertz CT molecular complexity index is 637. The molecule has 3 nitrogen and oxygen atoms in total. The van der Waals surface area contributed by atoms with Crippen molar-refractivity contribution in [1.82, 2.24) is 15.1 Å². The third-order valence-electron chi connectivity index (χ3n) is 4.00. The first-order chi connectivity index (χ1) is 9.92. The number of hydrogen-bond acceptors (Lipinski definition) is 2. The van der Waals surface area contributed by atoms with Gasteiger partial charge in [-0.05, 0) is 57.0 Å². The number of aromatic nitrogens is 2. The number of aryl methyl sites for hydroxylation is 2. The van der Waals surface area contributed by atoms with Crippen LogP contribution in [0.15, 0.2) is 18.2 Å². The maximum absolute atomic E-state index is 13.1. The molecule has 0 aliphatic heterocycles. The summed E-state index contributed by atoms with van der Waals surface area (Å²) in [5.41, 5.74) is 4.45. The lowest BCUT2D eigenvalue weighted by Gasteiger charge is -2.17. The van der Waals surface area contributed by atoms with Gasteiger partial charge in [-0.3, -0.25) is 4.68 Å². The molecule has 0 fully saturated rings. The molecule has 0 aliphatic rings. The van der Waals surface area contributed by atoms with Gasteiger partial charge < -0.3 is 5.32 Å². The molecule has 1 N–H and O–H groups in total. The second kappa shape index (κ2) is 6.58. The molecule has 1 heterocycles. The van der Waals surface area contributed by atoms with Gasteiger partial charge in [0.1, 0.15) is 5.82 Å². The summed E-state index contributed by atoms with van der Waals surface area (Å²) in [6.45, 7) is 4.10. The molecule has 0 bridgehead atoms. The number of likely N-dealkylation sites (N-methyl/N-ethyl adjacent to an activating group) is 1. The van der Waals surface area contributed by atoms with Gasteiger partial charge in [-0.25, -0.2) is 4.39 Å². The van der Waals surface area contributed by atoms with Crippen LogP contribution >= 0.6 is 11.6 Å². The summed E-state index contributed by atoms with van der Waals surface area (Å²) in [5, 5.41) is 8.24. The number of nitrogens with one attached hydrogen (secondary N) is 1. The van der Waals surface area contributed by atoms with E-state index in [2.05, 4.69) is 17.3 Å². The molecule has 1 atom stereocenters. The van der Waals surface area contributed by atoms with E-state index >= 15 is 0 Å². The van der Waals surface area contributed by atoms with Gasteiger partial charge in [0.25, 0.3) is 0 Å². The Morgan fingerprint density at radius 1 is 1.33 bits per heavy atom. The summed E-state index contributed by atoms with van der Waals surface area (Å²) in [6, 6.07) is 4.80. The van der Waals surface area contributed by atoms with E-state index < -0.39 is 0 Å². The fourth-order valence-corrected chi connectivity index (χ4v) is 2.83. The van der Waals surface area contributed by atoms with Gasteiger partial charge >= 0.3 is 0 Å². The first-order valence-electron chi connectivity index (χ1n) is 7.02. The molecule has 0 amide bonds. The van der Waals surface area contributed by atoms with Gasteiger partial charge in [-0.15, -0.1) is 0 Å². The largest absolute Gasteiger partial charge is 0.316 e. The van der Waals surface area contributed by atoms with E-state index in [1.54, 1.807) is 6.07 Å². The summed E-state index contributed by atoms with van der Waals surface area (Å²) in [5.74, 6) is -0.302. The highest BCUT2D eigenvalue weighted by Gasteiger charge is 2.16. The smallest absolute Gasteiger partial charge is 0.124 e. The zero-order valence-corrected chi connectivity index (χ0v) is 13.6. The molecule has 0 saturated heterocycles. The number of halogens is 2. The Hall–Kier alpha value is -1.39. The minimum absolute atomic E-state index is 0.231. The van der Waals surface area contributed by atoms with Gasteiger partial charge in [0, 0.05) is 23.8 Å². The van der Waals surface area contributed by atoms with Crippen molar-refractivity contribution in [3.63, 3.8) is 0 Å². The zero-order valence-electron chi connectivity index (χ0n) is 12.9. The minimum Gasteiger partial charge on any atom is -0.316 e. The maximum atomic E-state index is 13.1. The average molecular weight is 310 g/mol. The normalized spacial score (nSPS) is 12.7. The standard InChI is InChI=1S/C16H21ClFN3/c1-10-15(11(2)21(4)20-10)9-14(19-3)7-12-5-6-13(18)8-16(12)17/h5-6,8,14,19H,7,9H2,1-4H3. The molecule has 114 valence electrons. The number of benzene rings is 1. The topological polar surface area (TPSA) is 29.9 Å². The van der Waals surface area contributed by atoms with Gasteiger partial charge in [0.15, 0.2) is 0 Å². The number of nitrogens with zero attached hydrogens (tertiary/aromatic N) is 2. The van der Waals surface area contributed by atoms with Crippen molar-refractivity contribution < 1.29 is 4.39 Å². The van der Waals surface area contributed by atoms with E-state index in [-0.39, 0.29) is 11.9 Å². The van der Waals surface area contributed by atoms with Crippen LogP contribution < -0.4 is 5.32 Å². The molecule has 0 radical (unpaired) electrons. The van der Waals surface area contributed by atoms with Crippen molar-refractivity contribution in [2.75, 3.05) is 7.05 Å². The first-order valence-corrected chi connectivity index (χ1v) is 7.40. The lowest BCUT2D eigenvalue weighted by atomic mass is 9.98. The van der Waals surface area contributed by atoms with E-state index in [4.69, 9.17) is 11.6 Å². The van der Waals surface area contributed by atoms with Gasteiger partial charge in [-0.1, -0.05) is 17.7 Å². The van der Waals surface area contributed by atoms with E-state index in [0.717, 1.165) is 24.1 Å². The molecule has 2 rings (SSSR count). The lowest BCUT2D eigenvalue weighted by molar-refractivity contribution is 0.552. The molecule has 2 aromatic rings. The molecule has 0 spiro atoms. The Kier molecular flexibility index (Phi) is 5.01. The zero-order chi connectivity index (χ0) is 15.6. The van der Waals surface area contributed by atoms with Gasteiger partial charge in [0.2, 0.25) is 0 Å². The second-order valence-electron chi connectivity index (χ2n) is 5.40. The third kappa shape index (κ3) is 3.63. The van der Waals surface area contributed by atoms with Crippen molar-refractivity contribution in [2.24, 2.45) is 7.05 Å². The van der Waals surface area contributed by atoms with Gasteiger partial charge in [0.05, 0.1) is 5.69 Å². The summed E-state index contributed by atoms with van der Waals surface area (Å²) in [4.78, 5) is 0. The quantitative estimate of drug-likeness (QED) is 0.919. The average Bonchev–Trinajstić information content (AvgIpc) is 2.67. The highest BCUT2D eigenvalue weighted by Crippen LogP contribution is 2.21. The first kappa shape index (κ1) is 16.0. The SMILES string of the molecule is CNC(Cc1ccc(F)cc1Cl)Cc1c(C)nn(C)c1C. The van der Waals surface area contributed by atoms with Crippen molar-refractivity contribution >= 4 is 11.6 Å². The Balaban J connectivity index is 2.17. The predicted octanol–water partition coefficient (Wildman–Crippen LogP) is 3.20. The Morgan fingerprint density at radius 3 is 2.57 bits per heavy atom. The van der Waals surface area contributed by atoms with Crippen LogP contribution in [0.3, 0.4) is 0 Å². The van der Waals surface area contributed by atoms with Crippen LogP contribution in [0, 0.1) is 19.7 Å². The van der Waals surface area contributed by atoms with Crippen molar-refractivity contribution in [2.45, 2.75) is 32.7 Å². The summed E-state index contributed by atoms with van der Waals surface area (Å²) in [6.07, 6.45) is 1.62. The Labute approximate surface area is 130 Å². The van der Waals surface area contributed by atoms with Crippen LogP contribution in [0.2, 0.25) is 5.02 Å². The maximum Gasteiger partial charge on any atom is 0.124 e. The highest BCUT2D eigenvalue weighted by atomic mass is 35.5.